The van der Waals surface area contributed by atoms with Gasteiger partial charge in [-0.3, -0.25) is 19.8 Å². The summed E-state index contributed by atoms with van der Waals surface area (Å²) >= 11 is 0. The zero-order chi connectivity index (χ0) is 16.0. The Hall–Kier alpha value is -2.37. The fourth-order valence-corrected chi connectivity index (χ4v) is 1.99. The third-order valence-corrected chi connectivity index (χ3v) is 3.08. The first-order valence-corrected chi connectivity index (χ1v) is 6.66. The van der Waals surface area contributed by atoms with Crippen LogP contribution in [0.3, 0.4) is 0 Å². The number of rotatable bonds is 5. The molecule has 0 bridgehead atoms. The van der Waals surface area contributed by atoms with Crippen LogP contribution in [-0.4, -0.2) is 30.1 Å². The fraction of sp³-hybridized carbons (Fsp3) is 0.400. The number of urea groups is 1. The van der Waals surface area contributed by atoms with E-state index in [4.69, 9.17) is 5.11 Å². The van der Waals surface area contributed by atoms with Crippen LogP contribution in [0.25, 0.3) is 0 Å². The van der Waals surface area contributed by atoms with Crippen LogP contribution in [0, 0.1) is 12.8 Å². The van der Waals surface area contributed by atoms with E-state index in [2.05, 4.69) is 5.32 Å². The Bertz CT molecular complexity index is 542. The van der Waals surface area contributed by atoms with Crippen molar-refractivity contribution in [3.05, 3.63) is 29.8 Å². The number of benzene rings is 1. The van der Waals surface area contributed by atoms with Crippen LogP contribution in [0.4, 0.5) is 10.5 Å². The summed E-state index contributed by atoms with van der Waals surface area (Å²) in [6.45, 7) is 3.53. The smallest absolute Gasteiger partial charge is 0.328 e. The monoisotopic (exact) mass is 292 g/mol. The summed E-state index contributed by atoms with van der Waals surface area (Å²) < 4.78 is 0. The maximum absolute atomic E-state index is 12.0. The van der Waals surface area contributed by atoms with Crippen molar-refractivity contribution in [1.29, 1.82) is 0 Å². The molecular formula is C15H20N2O4. The lowest BCUT2D eigenvalue weighted by atomic mass is 10.0. The Kier molecular flexibility index (Phi) is 5.90. The number of hydrogen-bond donors (Lipinski definition) is 2. The van der Waals surface area contributed by atoms with Gasteiger partial charge in [0.05, 0.1) is 0 Å². The van der Waals surface area contributed by atoms with Gasteiger partial charge in [-0.15, -0.1) is 0 Å². The highest BCUT2D eigenvalue weighted by Gasteiger charge is 2.18. The Labute approximate surface area is 123 Å². The van der Waals surface area contributed by atoms with Gasteiger partial charge < -0.3 is 5.11 Å². The highest BCUT2D eigenvalue weighted by Crippen LogP contribution is 2.17. The molecule has 3 amide bonds. The molecule has 0 aliphatic carbocycles. The second-order valence-electron chi connectivity index (χ2n) is 5.11. The molecule has 114 valence electrons. The number of hydrogen-bond acceptors (Lipinski definition) is 3. The number of carboxylic acid groups (broad SMARTS) is 1. The van der Waals surface area contributed by atoms with Gasteiger partial charge in [0, 0.05) is 25.6 Å². The lowest BCUT2D eigenvalue weighted by Crippen LogP contribution is -2.41. The van der Waals surface area contributed by atoms with E-state index in [0.717, 1.165) is 5.56 Å². The second kappa shape index (κ2) is 7.42. The Morgan fingerprint density at radius 1 is 1.24 bits per heavy atom. The van der Waals surface area contributed by atoms with E-state index >= 15 is 0 Å². The standard InChI is InChI=1S/C15H20N2O4/c1-10(9-14(19)20)8-13(18)16-15(21)17(3)12-7-5-4-6-11(12)2/h4-7,10H,8-9H2,1-3H3,(H,19,20)(H,16,18,21). The van der Waals surface area contributed by atoms with E-state index in [0.29, 0.717) is 5.69 Å². The first kappa shape index (κ1) is 16.7. The number of nitrogens with one attached hydrogen (secondary N) is 1. The quantitative estimate of drug-likeness (QED) is 0.870. The SMILES string of the molecule is Cc1ccccc1N(C)C(=O)NC(=O)CC(C)CC(=O)O. The molecule has 0 saturated carbocycles. The van der Waals surface area contributed by atoms with Crippen LogP contribution in [0.2, 0.25) is 0 Å². The van der Waals surface area contributed by atoms with Crippen molar-refractivity contribution >= 4 is 23.6 Å². The number of anilines is 1. The molecule has 0 saturated heterocycles. The van der Waals surface area contributed by atoms with Crippen molar-refractivity contribution in [1.82, 2.24) is 5.32 Å². The summed E-state index contributed by atoms with van der Waals surface area (Å²) in [5.41, 5.74) is 1.63. The Morgan fingerprint density at radius 2 is 1.86 bits per heavy atom. The van der Waals surface area contributed by atoms with Gasteiger partial charge >= 0.3 is 12.0 Å². The summed E-state index contributed by atoms with van der Waals surface area (Å²) in [4.78, 5) is 35.6. The van der Waals surface area contributed by atoms with Crippen molar-refractivity contribution in [2.24, 2.45) is 5.92 Å². The first-order valence-electron chi connectivity index (χ1n) is 6.66. The predicted molar refractivity (Wildman–Crippen MR) is 79.2 cm³/mol. The van der Waals surface area contributed by atoms with Crippen LogP contribution in [0.5, 0.6) is 0 Å². The van der Waals surface area contributed by atoms with Crippen LogP contribution >= 0.6 is 0 Å². The predicted octanol–water partition coefficient (Wildman–Crippen LogP) is 2.17. The molecule has 0 aromatic heterocycles. The van der Waals surface area contributed by atoms with Gasteiger partial charge in [-0.05, 0) is 24.5 Å². The second-order valence-corrected chi connectivity index (χ2v) is 5.11. The minimum absolute atomic E-state index is 0.000345. The van der Waals surface area contributed by atoms with E-state index in [1.54, 1.807) is 20.0 Å². The van der Waals surface area contributed by atoms with E-state index in [9.17, 15) is 14.4 Å². The molecule has 0 aliphatic heterocycles. The molecule has 1 unspecified atom stereocenters. The Morgan fingerprint density at radius 3 is 2.43 bits per heavy atom. The average Bonchev–Trinajstić information content (AvgIpc) is 2.36. The number of imide groups is 1. The molecule has 1 aromatic rings. The van der Waals surface area contributed by atoms with E-state index in [-0.39, 0.29) is 18.8 Å². The minimum Gasteiger partial charge on any atom is -0.481 e. The largest absolute Gasteiger partial charge is 0.481 e. The molecule has 6 nitrogen and oxygen atoms in total. The topological polar surface area (TPSA) is 86.7 Å². The molecule has 2 N–H and O–H groups in total. The van der Waals surface area contributed by atoms with Crippen LogP contribution in [0.1, 0.15) is 25.3 Å². The number of carbonyl (C=O) groups is 3. The summed E-state index contributed by atoms with van der Waals surface area (Å²) in [5, 5.41) is 10.9. The molecule has 0 heterocycles. The van der Waals surface area contributed by atoms with Crippen LogP contribution in [-0.2, 0) is 9.59 Å². The zero-order valence-electron chi connectivity index (χ0n) is 12.4. The zero-order valence-corrected chi connectivity index (χ0v) is 12.4. The number of aliphatic carboxylic acids is 1. The lowest BCUT2D eigenvalue weighted by molar-refractivity contribution is -0.138. The van der Waals surface area contributed by atoms with Crippen molar-refractivity contribution < 1.29 is 19.5 Å². The number of aryl methyl sites for hydroxylation is 1. The van der Waals surface area contributed by atoms with Crippen LogP contribution < -0.4 is 10.2 Å². The molecule has 0 aliphatic rings. The van der Waals surface area contributed by atoms with Gasteiger partial charge in [0.1, 0.15) is 0 Å². The van der Waals surface area contributed by atoms with Gasteiger partial charge in [-0.25, -0.2) is 4.79 Å². The van der Waals surface area contributed by atoms with Gasteiger partial charge in [-0.1, -0.05) is 25.1 Å². The molecule has 1 aromatic carbocycles. The summed E-state index contributed by atoms with van der Waals surface area (Å²) in [5.74, 6) is -1.76. The molecule has 0 spiro atoms. The minimum atomic E-state index is -0.960. The van der Waals surface area contributed by atoms with Crippen LogP contribution in [0.15, 0.2) is 24.3 Å². The molecule has 0 fully saturated rings. The van der Waals surface area contributed by atoms with Crippen molar-refractivity contribution in [2.75, 3.05) is 11.9 Å². The average molecular weight is 292 g/mol. The van der Waals surface area contributed by atoms with Crippen molar-refractivity contribution in [3.8, 4) is 0 Å². The third kappa shape index (κ3) is 5.25. The molecular weight excluding hydrogens is 272 g/mol. The number of para-hydroxylation sites is 1. The third-order valence-electron chi connectivity index (χ3n) is 3.08. The van der Waals surface area contributed by atoms with E-state index in [1.807, 2.05) is 25.1 Å². The first-order chi connectivity index (χ1) is 9.81. The molecule has 1 rings (SSSR count). The van der Waals surface area contributed by atoms with Crippen molar-refractivity contribution in [3.63, 3.8) is 0 Å². The molecule has 6 heteroatoms. The molecule has 0 radical (unpaired) electrons. The van der Waals surface area contributed by atoms with E-state index in [1.165, 1.54) is 4.90 Å². The van der Waals surface area contributed by atoms with Gasteiger partial charge in [-0.2, -0.15) is 0 Å². The highest BCUT2D eigenvalue weighted by molar-refractivity contribution is 6.02. The molecule has 1 atom stereocenters. The van der Waals surface area contributed by atoms with Gasteiger partial charge in [0.15, 0.2) is 0 Å². The summed E-state index contributed by atoms with van der Waals surface area (Å²) in [7, 11) is 1.58. The lowest BCUT2D eigenvalue weighted by Gasteiger charge is -2.19. The van der Waals surface area contributed by atoms with Gasteiger partial charge in [0.2, 0.25) is 5.91 Å². The number of amides is 3. The fourth-order valence-electron chi connectivity index (χ4n) is 1.99. The van der Waals surface area contributed by atoms with E-state index < -0.39 is 17.9 Å². The van der Waals surface area contributed by atoms with Gasteiger partial charge in [0.25, 0.3) is 0 Å². The normalized spacial score (nSPS) is 11.6. The number of nitrogens with zero attached hydrogens (tertiary/aromatic N) is 1. The molecule has 21 heavy (non-hydrogen) atoms. The summed E-state index contributed by atoms with van der Waals surface area (Å²) in [6, 6.07) is 6.80. The number of carbonyl (C=O) groups excluding carboxylic acids is 2. The number of carboxylic acids is 1. The summed E-state index contributed by atoms with van der Waals surface area (Å²) in [6.07, 6.45) is -0.102. The maximum Gasteiger partial charge on any atom is 0.328 e. The van der Waals surface area contributed by atoms with Crippen molar-refractivity contribution in [2.45, 2.75) is 26.7 Å². The Balaban J connectivity index is 2.58. The maximum atomic E-state index is 12.0. The highest BCUT2D eigenvalue weighted by atomic mass is 16.4.